The highest BCUT2D eigenvalue weighted by Crippen LogP contribution is 2.38. The van der Waals surface area contributed by atoms with Gasteiger partial charge < -0.3 is 9.64 Å². The van der Waals surface area contributed by atoms with E-state index in [2.05, 4.69) is 0 Å². The smallest absolute Gasteiger partial charge is 0.338 e. The maximum absolute atomic E-state index is 13.0. The summed E-state index contributed by atoms with van der Waals surface area (Å²) in [7, 11) is 1.34. The van der Waals surface area contributed by atoms with Gasteiger partial charge >= 0.3 is 5.97 Å². The summed E-state index contributed by atoms with van der Waals surface area (Å²) in [6.07, 6.45) is 5.07. The van der Waals surface area contributed by atoms with Crippen LogP contribution in [0.1, 0.15) is 54.4 Å². The van der Waals surface area contributed by atoms with Crippen LogP contribution in [0.5, 0.6) is 0 Å². The molecule has 1 saturated heterocycles. The summed E-state index contributed by atoms with van der Waals surface area (Å²) in [4.78, 5) is 53.2. The first-order valence-corrected chi connectivity index (χ1v) is 10.4. The lowest BCUT2D eigenvalue weighted by molar-refractivity contribution is -0.140. The third kappa shape index (κ3) is 3.43. The second kappa shape index (κ2) is 7.97. The first kappa shape index (κ1) is 19.6. The van der Waals surface area contributed by atoms with Gasteiger partial charge in [0.2, 0.25) is 17.7 Å². The van der Waals surface area contributed by atoms with Crippen molar-refractivity contribution in [3.05, 3.63) is 29.3 Å². The predicted octanol–water partition coefficient (Wildman–Crippen LogP) is 2.32. The molecule has 0 aromatic heterocycles. The van der Waals surface area contributed by atoms with E-state index in [0.29, 0.717) is 18.5 Å². The van der Waals surface area contributed by atoms with Gasteiger partial charge in [-0.05, 0) is 43.4 Å². The lowest BCUT2D eigenvalue weighted by Crippen LogP contribution is -2.39. The number of methoxy groups -OCH3 is 1. The molecule has 0 unspecified atom stereocenters. The fraction of sp³-hybridized carbons (Fsp3) is 0.545. The molecule has 0 N–H and O–H groups in total. The number of carbonyl (C=O) groups is 4. The molecule has 1 aromatic carbocycles. The molecule has 7 heteroatoms. The molecule has 1 aliphatic carbocycles. The third-order valence-electron chi connectivity index (χ3n) is 6.44. The molecule has 1 saturated carbocycles. The van der Waals surface area contributed by atoms with Crippen LogP contribution < -0.4 is 4.90 Å². The summed E-state index contributed by atoms with van der Waals surface area (Å²) in [6, 6.07) is 5.29. The number of esters is 1. The number of amides is 3. The number of anilines is 1. The molecule has 29 heavy (non-hydrogen) atoms. The number of rotatable bonds is 4. The molecule has 2 fully saturated rings. The number of ether oxygens (including phenoxy) is 1. The Hall–Kier alpha value is -2.70. The van der Waals surface area contributed by atoms with Crippen LogP contribution >= 0.6 is 0 Å². The van der Waals surface area contributed by atoms with Crippen molar-refractivity contribution in [3.8, 4) is 0 Å². The van der Waals surface area contributed by atoms with Crippen molar-refractivity contribution in [3.63, 3.8) is 0 Å². The molecule has 2 heterocycles. The molecule has 0 bridgehead atoms. The van der Waals surface area contributed by atoms with E-state index in [-0.39, 0.29) is 42.5 Å². The quantitative estimate of drug-likeness (QED) is 0.574. The summed E-state index contributed by atoms with van der Waals surface area (Å²) in [5.74, 6) is -1.15. The Morgan fingerprint density at radius 2 is 1.76 bits per heavy atom. The number of hydrogen-bond acceptors (Lipinski definition) is 5. The van der Waals surface area contributed by atoms with Crippen molar-refractivity contribution in [2.24, 2.45) is 11.8 Å². The van der Waals surface area contributed by atoms with Gasteiger partial charge in [0.05, 0.1) is 24.5 Å². The Labute approximate surface area is 170 Å². The average molecular weight is 398 g/mol. The minimum absolute atomic E-state index is 0.0960. The molecular formula is C22H26N2O5. The highest BCUT2D eigenvalue weighted by molar-refractivity contribution is 6.06. The van der Waals surface area contributed by atoms with Crippen molar-refractivity contribution < 1.29 is 23.9 Å². The summed E-state index contributed by atoms with van der Waals surface area (Å²) < 4.78 is 4.86. The van der Waals surface area contributed by atoms with Crippen LogP contribution in [0.2, 0.25) is 0 Å². The SMILES string of the molecule is COC(=O)c1cccc2c1CCCN2C(=O)CCN1C(=O)[C@H]2CCCC[C@H]2C1=O. The summed E-state index contributed by atoms with van der Waals surface area (Å²) in [5, 5.41) is 0. The molecule has 2 atom stereocenters. The van der Waals surface area contributed by atoms with Gasteiger partial charge in [-0.25, -0.2) is 4.79 Å². The molecule has 3 amide bonds. The van der Waals surface area contributed by atoms with Gasteiger partial charge in [-0.1, -0.05) is 18.9 Å². The van der Waals surface area contributed by atoms with E-state index in [0.717, 1.165) is 43.4 Å². The number of benzene rings is 1. The van der Waals surface area contributed by atoms with E-state index in [1.54, 1.807) is 17.0 Å². The van der Waals surface area contributed by atoms with E-state index in [4.69, 9.17) is 4.74 Å². The van der Waals surface area contributed by atoms with Crippen molar-refractivity contribution >= 4 is 29.4 Å². The van der Waals surface area contributed by atoms with Crippen LogP contribution in [-0.2, 0) is 25.5 Å². The molecule has 3 aliphatic rings. The number of hydrogen-bond donors (Lipinski definition) is 0. The molecule has 0 spiro atoms. The lowest BCUT2D eigenvalue weighted by atomic mass is 9.81. The number of carbonyl (C=O) groups excluding carboxylic acids is 4. The number of imide groups is 1. The fourth-order valence-corrected chi connectivity index (χ4v) is 4.98. The first-order valence-electron chi connectivity index (χ1n) is 10.4. The van der Waals surface area contributed by atoms with E-state index < -0.39 is 5.97 Å². The molecule has 154 valence electrons. The summed E-state index contributed by atoms with van der Waals surface area (Å²) in [5.41, 5.74) is 2.02. The highest BCUT2D eigenvalue weighted by atomic mass is 16.5. The number of nitrogens with zero attached hydrogens (tertiary/aromatic N) is 2. The maximum atomic E-state index is 13.0. The maximum Gasteiger partial charge on any atom is 0.338 e. The van der Waals surface area contributed by atoms with E-state index in [1.807, 2.05) is 6.07 Å². The molecule has 4 rings (SSSR count). The largest absolute Gasteiger partial charge is 0.465 e. The lowest BCUT2D eigenvalue weighted by Gasteiger charge is -2.31. The van der Waals surface area contributed by atoms with Gasteiger partial charge in [0.15, 0.2) is 0 Å². The van der Waals surface area contributed by atoms with Gasteiger partial charge in [0.1, 0.15) is 0 Å². The average Bonchev–Trinajstić information content (AvgIpc) is 3.00. The van der Waals surface area contributed by atoms with Gasteiger partial charge in [-0.3, -0.25) is 19.3 Å². The van der Waals surface area contributed by atoms with Crippen LogP contribution in [0, 0.1) is 11.8 Å². The van der Waals surface area contributed by atoms with Crippen molar-refractivity contribution in [1.82, 2.24) is 4.90 Å². The minimum Gasteiger partial charge on any atom is -0.465 e. The Balaban J connectivity index is 1.47. The normalized spacial score (nSPS) is 23.6. The van der Waals surface area contributed by atoms with Crippen molar-refractivity contribution in [1.29, 1.82) is 0 Å². The van der Waals surface area contributed by atoms with Crippen LogP contribution in [0.15, 0.2) is 18.2 Å². The molecule has 0 radical (unpaired) electrons. The summed E-state index contributed by atoms with van der Waals surface area (Å²) in [6.45, 7) is 0.690. The van der Waals surface area contributed by atoms with Crippen LogP contribution in [-0.4, -0.2) is 48.8 Å². The Morgan fingerprint density at radius 3 is 2.41 bits per heavy atom. The predicted molar refractivity (Wildman–Crippen MR) is 105 cm³/mol. The zero-order valence-electron chi connectivity index (χ0n) is 16.7. The van der Waals surface area contributed by atoms with Crippen LogP contribution in [0.4, 0.5) is 5.69 Å². The number of likely N-dealkylation sites (tertiary alicyclic amines) is 1. The van der Waals surface area contributed by atoms with Crippen molar-refractivity contribution in [2.75, 3.05) is 25.1 Å². The van der Waals surface area contributed by atoms with Crippen LogP contribution in [0.25, 0.3) is 0 Å². The standard InChI is InChI=1S/C22H26N2O5/c1-29-22(28)17-8-4-10-18-14(17)9-5-12-23(18)19(25)11-13-24-20(26)15-6-2-3-7-16(15)21(24)27/h4,8,10,15-16H,2-3,5-7,9,11-13H2,1H3/t15-,16+. The topological polar surface area (TPSA) is 84.0 Å². The first-order chi connectivity index (χ1) is 14.0. The van der Waals surface area contributed by atoms with E-state index >= 15 is 0 Å². The Bertz CT molecular complexity index is 841. The van der Waals surface area contributed by atoms with Crippen LogP contribution in [0.3, 0.4) is 0 Å². The van der Waals surface area contributed by atoms with Gasteiger partial charge in [-0.15, -0.1) is 0 Å². The van der Waals surface area contributed by atoms with Gasteiger partial charge in [0.25, 0.3) is 0 Å². The second-order valence-corrected chi connectivity index (χ2v) is 8.02. The Kier molecular flexibility index (Phi) is 5.39. The highest BCUT2D eigenvalue weighted by Gasteiger charge is 2.48. The molecular weight excluding hydrogens is 372 g/mol. The van der Waals surface area contributed by atoms with Crippen molar-refractivity contribution in [2.45, 2.75) is 44.9 Å². The monoisotopic (exact) mass is 398 g/mol. The van der Waals surface area contributed by atoms with Gasteiger partial charge in [0, 0.05) is 25.2 Å². The zero-order valence-corrected chi connectivity index (χ0v) is 16.7. The second-order valence-electron chi connectivity index (χ2n) is 8.02. The van der Waals surface area contributed by atoms with E-state index in [1.165, 1.54) is 12.0 Å². The Morgan fingerprint density at radius 1 is 1.07 bits per heavy atom. The minimum atomic E-state index is -0.410. The molecule has 2 aliphatic heterocycles. The number of fused-ring (bicyclic) bond motifs is 2. The van der Waals surface area contributed by atoms with E-state index in [9.17, 15) is 19.2 Å². The molecule has 7 nitrogen and oxygen atoms in total. The molecule has 1 aromatic rings. The fourth-order valence-electron chi connectivity index (χ4n) is 4.98. The third-order valence-corrected chi connectivity index (χ3v) is 6.44. The summed E-state index contributed by atoms with van der Waals surface area (Å²) >= 11 is 0. The van der Waals surface area contributed by atoms with Gasteiger partial charge in [-0.2, -0.15) is 0 Å². The zero-order chi connectivity index (χ0) is 20.5.